The molecule has 0 saturated carbocycles. The van der Waals surface area contributed by atoms with E-state index >= 15 is 0 Å². The monoisotopic (exact) mass is 339 g/mol. The van der Waals surface area contributed by atoms with Crippen LogP contribution >= 0.6 is 0 Å². The first kappa shape index (κ1) is 19.3. The molecule has 0 N–H and O–H groups in total. The lowest BCUT2D eigenvalue weighted by Crippen LogP contribution is -2.40. The third kappa shape index (κ3) is 4.87. The van der Waals surface area contributed by atoms with Crippen molar-refractivity contribution in [2.45, 2.75) is 52.4 Å². The van der Waals surface area contributed by atoms with Gasteiger partial charge in [-0.1, -0.05) is 20.8 Å². The van der Waals surface area contributed by atoms with Crippen molar-refractivity contribution in [2.24, 2.45) is 0 Å². The van der Waals surface area contributed by atoms with Crippen molar-refractivity contribution in [3.8, 4) is 0 Å². The Morgan fingerprint density at radius 3 is 2.39 bits per heavy atom. The van der Waals surface area contributed by atoms with Gasteiger partial charge in [0, 0.05) is 6.07 Å². The number of ether oxygens (including phenoxy) is 1. The van der Waals surface area contributed by atoms with Crippen LogP contribution in [0.1, 0.15) is 43.6 Å². The van der Waals surface area contributed by atoms with E-state index in [1.54, 1.807) is 6.92 Å². The maximum Gasteiger partial charge on any atom is 0.338 e. The van der Waals surface area contributed by atoms with Gasteiger partial charge < -0.3 is 9.16 Å². The highest BCUT2D eigenvalue weighted by atomic mass is 28.4. The molecule has 0 bridgehead atoms. The standard InChI is InChI=1S/C16H25NO5Si/c1-7-21-15(18)12-8-9-14(17(19)20)13(10-12)11-22-23(5,6)16(2,3)4/h8-10H,7,11H2,1-6H3. The molecule has 128 valence electrons. The smallest absolute Gasteiger partial charge is 0.338 e. The molecule has 0 radical (unpaired) electrons. The van der Waals surface area contributed by atoms with Crippen molar-refractivity contribution < 1.29 is 18.9 Å². The third-order valence-electron chi connectivity index (χ3n) is 4.18. The number of hydrogen-bond acceptors (Lipinski definition) is 5. The summed E-state index contributed by atoms with van der Waals surface area (Å²) in [6, 6.07) is 4.23. The van der Waals surface area contributed by atoms with Crippen LogP contribution < -0.4 is 0 Å². The second kappa shape index (κ2) is 7.23. The minimum atomic E-state index is -2.04. The van der Waals surface area contributed by atoms with Crippen LogP contribution in [-0.2, 0) is 15.8 Å². The molecule has 0 aromatic heterocycles. The number of rotatable bonds is 6. The van der Waals surface area contributed by atoms with E-state index in [-0.39, 0.29) is 23.9 Å². The topological polar surface area (TPSA) is 78.7 Å². The van der Waals surface area contributed by atoms with Gasteiger partial charge in [0.1, 0.15) is 0 Å². The normalized spacial score (nSPS) is 12.1. The van der Waals surface area contributed by atoms with Crippen molar-refractivity contribution >= 4 is 20.0 Å². The number of carbonyl (C=O) groups excluding carboxylic acids is 1. The van der Waals surface area contributed by atoms with Crippen LogP contribution in [0.15, 0.2) is 18.2 Å². The number of carbonyl (C=O) groups is 1. The van der Waals surface area contributed by atoms with Crippen molar-refractivity contribution in [1.82, 2.24) is 0 Å². The highest BCUT2D eigenvalue weighted by Gasteiger charge is 2.37. The fourth-order valence-electron chi connectivity index (χ4n) is 1.70. The molecule has 6 nitrogen and oxygen atoms in total. The summed E-state index contributed by atoms with van der Waals surface area (Å²) in [5.41, 5.74) is 0.647. The molecule has 7 heteroatoms. The Bertz CT molecular complexity index is 593. The maximum absolute atomic E-state index is 11.8. The first-order chi connectivity index (χ1) is 10.5. The minimum absolute atomic E-state index is 0.000527. The Morgan fingerprint density at radius 2 is 1.91 bits per heavy atom. The molecule has 0 saturated heterocycles. The van der Waals surface area contributed by atoms with Crippen molar-refractivity contribution in [1.29, 1.82) is 0 Å². The quantitative estimate of drug-likeness (QED) is 0.334. The highest BCUT2D eigenvalue weighted by molar-refractivity contribution is 6.74. The van der Waals surface area contributed by atoms with Crippen LogP contribution in [0.5, 0.6) is 0 Å². The summed E-state index contributed by atoms with van der Waals surface area (Å²) in [5, 5.41) is 11.2. The van der Waals surface area contributed by atoms with E-state index in [1.165, 1.54) is 18.2 Å². The number of nitro benzene ring substituents is 1. The zero-order valence-electron chi connectivity index (χ0n) is 14.6. The predicted molar refractivity (Wildman–Crippen MR) is 91.0 cm³/mol. The average Bonchev–Trinajstić information content (AvgIpc) is 2.43. The fraction of sp³-hybridized carbons (Fsp3) is 0.562. The van der Waals surface area contributed by atoms with Crippen LogP contribution in [0.3, 0.4) is 0 Å². The lowest BCUT2D eigenvalue weighted by molar-refractivity contribution is -0.385. The van der Waals surface area contributed by atoms with Crippen LogP contribution in [-0.4, -0.2) is 25.8 Å². The van der Waals surface area contributed by atoms with E-state index in [0.29, 0.717) is 11.1 Å². The molecule has 23 heavy (non-hydrogen) atoms. The highest BCUT2D eigenvalue weighted by Crippen LogP contribution is 2.37. The zero-order valence-corrected chi connectivity index (χ0v) is 15.6. The van der Waals surface area contributed by atoms with Gasteiger partial charge in [-0.05, 0) is 37.2 Å². The summed E-state index contributed by atoms with van der Waals surface area (Å²) in [6.07, 6.45) is 0. The third-order valence-corrected chi connectivity index (χ3v) is 8.66. The molecular weight excluding hydrogens is 314 g/mol. The Balaban J connectivity index is 3.09. The van der Waals surface area contributed by atoms with E-state index in [1.807, 2.05) is 0 Å². The summed E-state index contributed by atoms with van der Waals surface area (Å²) >= 11 is 0. The molecule has 0 unspecified atom stereocenters. The summed E-state index contributed by atoms with van der Waals surface area (Å²) in [5.74, 6) is -0.490. The van der Waals surface area contributed by atoms with Gasteiger partial charge in [-0.25, -0.2) is 4.79 Å². The maximum atomic E-state index is 11.8. The Hall–Kier alpha value is -1.73. The van der Waals surface area contributed by atoms with Gasteiger partial charge in [0.2, 0.25) is 0 Å². The van der Waals surface area contributed by atoms with Crippen LogP contribution in [0.2, 0.25) is 18.1 Å². The minimum Gasteiger partial charge on any atom is -0.462 e. The molecule has 0 atom stereocenters. The Labute approximate surface area is 138 Å². The summed E-state index contributed by atoms with van der Waals surface area (Å²) in [7, 11) is -2.04. The van der Waals surface area contributed by atoms with Crippen molar-refractivity contribution in [2.75, 3.05) is 6.61 Å². The fourth-order valence-corrected chi connectivity index (χ4v) is 2.64. The molecule has 0 aliphatic rings. The van der Waals surface area contributed by atoms with Gasteiger partial charge in [0.25, 0.3) is 5.69 Å². The summed E-state index contributed by atoms with van der Waals surface area (Å²) < 4.78 is 11.0. The number of benzene rings is 1. The number of esters is 1. The molecule has 1 rings (SSSR count). The largest absolute Gasteiger partial charge is 0.462 e. The van der Waals surface area contributed by atoms with Crippen LogP contribution in [0.25, 0.3) is 0 Å². The predicted octanol–water partition coefficient (Wildman–Crippen LogP) is 4.29. The molecule has 0 heterocycles. The lowest BCUT2D eigenvalue weighted by Gasteiger charge is -2.36. The first-order valence-corrected chi connectivity index (χ1v) is 10.5. The van der Waals surface area contributed by atoms with E-state index in [2.05, 4.69) is 33.9 Å². The van der Waals surface area contributed by atoms with E-state index in [0.717, 1.165) is 0 Å². The number of hydrogen-bond donors (Lipinski definition) is 0. The van der Waals surface area contributed by atoms with E-state index in [4.69, 9.17) is 9.16 Å². The average molecular weight is 339 g/mol. The molecule has 1 aromatic carbocycles. The second-order valence-corrected chi connectivity index (χ2v) is 11.7. The van der Waals surface area contributed by atoms with Gasteiger partial charge in [-0.2, -0.15) is 0 Å². The van der Waals surface area contributed by atoms with Crippen LogP contribution in [0.4, 0.5) is 5.69 Å². The first-order valence-electron chi connectivity index (χ1n) is 7.58. The van der Waals surface area contributed by atoms with Crippen LogP contribution in [0, 0.1) is 10.1 Å². The molecule has 1 aromatic rings. The zero-order chi connectivity index (χ0) is 17.8. The molecule has 0 spiro atoms. The molecule has 0 aliphatic carbocycles. The van der Waals surface area contributed by atoms with Gasteiger partial charge >= 0.3 is 5.97 Å². The lowest BCUT2D eigenvalue weighted by atomic mass is 10.1. The van der Waals surface area contributed by atoms with E-state index in [9.17, 15) is 14.9 Å². The molecule has 0 aliphatic heterocycles. The summed E-state index contributed by atoms with van der Waals surface area (Å²) in [6.45, 7) is 12.5. The molecule has 0 amide bonds. The molecule has 0 fully saturated rings. The van der Waals surface area contributed by atoms with E-state index < -0.39 is 19.2 Å². The molecular formula is C16H25NO5Si. The van der Waals surface area contributed by atoms with Gasteiger partial charge in [-0.15, -0.1) is 0 Å². The Morgan fingerprint density at radius 1 is 1.30 bits per heavy atom. The number of nitro groups is 1. The number of nitrogens with zero attached hydrogens (tertiary/aromatic N) is 1. The summed E-state index contributed by atoms with van der Waals surface area (Å²) in [4.78, 5) is 22.6. The van der Waals surface area contributed by atoms with Gasteiger partial charge in [0.15, 0.2) is 8.32 Å². The van der Waals surface area contributed by atoms with Gasteiger partial charge in [-0.3, -0.25) is 10.1 Å². The second-order valence-electron chi connectivity index (χ2n) is 6.87. The SMILES string of the molecule is CCOC(=O)c1ccc([N+](=O)[O-])c(CO[Si](C)(C)C(C)(C)C)c1. The Kier molecular flexibility index (Phi) is 6.07. The van der Waals surface area contributed by atoms with Crippen molar-refractivity contribution in [3.05, 3.63) is 39.4 Å². The van der Waals surface area contributed by atoms with Gasteiger partial charge in [0.05, 0.1) is 29.3 Å². The van der Waals surface area contributed by atoms with Crippen molar-refractivity contribution in [3.63, 3.8) is 0 Å².